The molecule has 0 amide bonds. The number of furan rings is 1. The highest BCUT2D eigenvalue weighted by Crippen LogP contribution is 2.29. The zero-order valence-electron chi connectivity index (χ0n) is 10.3. The Balaban J connectivity index is 2.10. The highest BCUT2D eigenvalue weighted by atomic mass is 79.9. The molecule has 0 saturated carbocycles. The van der Waals surface area contributed by atoms with Crippen LogP contribution >= 0.6 is 15.9 Å². The van der Waals surface area contributed by atoms with Crippen molar-refractivity contribution in [2.45, 2.75) is 19.0 Å². The fourth-order valence-electron chi connectivity index (χ4n) is 2.22. The molecule has 1 fully saturated rings. The fraction of sp³-hybridized carbons (Fsp3) is 0.583. The van der Waals surface area contributed by atoms with E-state index in [1.807, 2.05) is 31.0 Å². The summed E-state index contributed by atoms with van der Waals surface area (Å²) >= 11 is 3.26. The Kier molecular flexibility index (Phi) is 4.09. The Morgan fingerprint density at radius 3 is 2.83 bits per heavy atom. The summed E-state index contributed by atoms with van der Waals surface area (Å²) in [6.45, 7) is 2.71. The van der Waals surface area contributed by atoms with Crippen LogP contribution in [0.2, 0.25) is 0 Å². The van der Waals surface area contributed by atoms with Gasteiger partial charge in [0.15, 0.2) is 4.67 Å². The van der Waals surface area contributed by atoms with Gasteiger partial charge in [-0.1, -0.05) is 0 Å². The van der Waals surface area contributed by atoms with Gasteiger partial charge in [0.2, 0.25) is 0 Å². The first kappa shape index (κ1) is 13.6. The summed E-state index contributed by atoms with van der Waals surface area (Å²) in [5.41, 5.74) is 0. The van der Waals surface area contributed by atoms with Gasteiger partial charge in [0.25, 0.3) is 0 Å². The van der Waals surface area contributed by atoms with Gasteiger partial charge >= 0.3 is 5.97 Å². The van der Waals surface area contributed by atoms with E-state index in [1.54, 1.807) is 0 Å². The summed E-state index contributed by atoms with van der Waals surface area (Å²) in [6, 6.07) is 3.60. The minimum Gasteiger partial charge on any atom is -0.481 e. The SMILES string of the molecule is CC(c1ccc(Br)o1)N(C)C1COCC1C(=O)O. The number of rotatable bonds is 4. The topological polar surface area (TPSA) is 62.9 Å². The number of likely N-dealkylation sites (N-methyl/N-ethyl adjacent to an activating group) is 1. The second-order valence-electron chi connectivity index (χ2n) is 4.53. The number of carbonyl (C=O) groups is 1. The van der Waals surface area contributed by atoms with E-state index >= 15 is 0 Å². The Hall–Kier alpha value is -0.850. The van der Waals surface area contributed by atoms with Crippen LogP contribution in [0, 0.1) is 5.92 Å². The molecule has 3 atom stereocenters. The molecule has 0 radical (unpaired) electrons. The minimum atomic E-state index is -0.808. The van der Waals surface area contributed by atoms with Gasteiger partial charge in [-0.3, -0.25) is 9.69 Å². The molecule has 3 unspecified atom stereocenters. The van der Waals surface area contributed by atoms with Crippen LogP contribution in [0.5, 0.6) is 0 Å². The van der Waals surface area contributed by atoms with Gasteiger partial charge in [-0.25, -0.2) is 0 Å². The predicted octanol–water partition coefficient (Wildman–Crippen LogP) is 2.13. The number of carboxylic acids is 1. The molecule has 6 heteroatoms. The first-order valence-electron chi connectivity index (χ1n) is 5.78. The summed E-state index contributed by atoms with van der Waals surface area (Å²) in [5, 5.41) is 9.15. The molecule has 5 nitrogen and oxygen atoms in total. The third-order valence-corrected chi connectivity index (χ3v) is 3.93. The molecule has 1 aromatic heterocycles. The summed E-state index contributed by atoms with van der Waals surface area (Å²) < 4.78 is 11.5. The highest BCUT2D eigenvalue weighted by molar-refractivity contribution is 9.10. The molecule has 0 bridgehead atoms. The van der Waals surface area contributed by atoms with Crippen LogP contribution in [0.25, 0.3) is 0 Å². The van der Waals surface area contributed by atoms with E-state index in [4.69, 9.17) is 14.3 Å². The van der Waals surface area contributed by atoms with Crippen molar-refractivity contribution in [3.63, 3.8) is 0 Å². The molecule has 0 aliphatic carbocycles. The lowest BCUT2D eigenvalue weighted by atomic mass is 10.0. The zero-order chi connectivity index (χ0) is 13.3. The third-order valence-electron chi connectivity index (χ3n) is 3.51. The first-order chi connectivity index (χ1) is 8.50. The van der Waals surface area contributed by atoms with E-state index in [1.165, 1.54) is 0 Å². The summed E-state index contributed by atoms with van der Waals surface area (Å²) in [4.78, 5) is 13.1. The molecular formula is C12H16BrNO4. The second-order valence-corrected chi connectivity index (χ2v) is 5.31. The number of hydrogen-bond donors (Lipinski definition) is 1. The smallest absolute Gasteiger partial charge is 0.310 e. The monoisotopic (exact) mass is 317 g/mol. The average molecular weight is 318 g/mol. The quantitative estimate of drug-likeness (QED) is 0.921. The summed E-state index contributed by atoms with van der Waals surface area (Å²) in [7, 11) is 1.90. The first-order valence-corrected chi connectivity index (χ1v) is 6.57. The van der Waals surface area contributed by atoms with Gasteiger partial charge in [0, 0.05) is 6.04 Å². The van der Waals surface area contributed by atoms with Gasteiger partial charge in [0.1, 0.15) is 5.76 Å². The Morgan fingerprint density at radius 2 is 2.28 bits per heavy atom. The molecule has 1 N–H and O–H groups in total. The lowest BCUT2D eigenvalue weighted by molar-refractivity contribution is -0.143. The van der Waals surface area contributed by atoms with Crippen molar-refractivity contribution in [1.82, 2.24) is 4.90 Å². The van der Waals surface area contributed by atoms with Crippen LogP contribution < -0.4 is 0 Å². The van der Waals surface area contributed by atoms with Gasteiger partial charge < -0.3 is 14.3 Å². The van der Waals surface area contributed by atoms with Crippen LogP contribution in [0.3, 0.4) is 0 Å². The Bertz CT molecular complexity index is 433. The van der Waals surface area contributed by atoms with Crippen LogP contribution in [-0.4, -0.2) is 42.3 Å². The molecule has 18 heavy (non-hydrogen) atoms. The van der Waals surface area contributed by atoms with Crippen molar-refractivity contribution < 1.29 is 19.1 Å². The van der Waals surface area contributed by atoms with Gasteiger partial charge in [-0.05, 0) is 42.0 Å². The zero-order valence-corrected chi connectivity index (χ0v) is 11.9. The maximum atomic E-state index is 11.1. The average Bonchev–Trinajstić information content (AvgIpc) is 2.95. The number of nitrogens with zero attached hydrogens (tertiary/aromatic N) is 1. The second kappa shape index (κ2) is 5.42. The van der Waals surface area contributed by atoms with Crippen molar-refractivity contribution in [2.75, 3.05) is 20.3 Å². The molecular weight excluding hydrogens is 302 g/mol. The van der Waals surface area contributed by atoms with Crippen molar-refractivity contribution >= 4 is 21.9 Å². The number of carboxylic acid groups (broad SMARTS) is 1. The Labute approximate surface area is 114 Å². The normalized spacial score (nSPS) is 25.6. The molecule has 100 valence electrons. The third kappa shape index (κ3) is 2.60. The fourth-order valence-corrected chi connectivity index (χ4v) is 2.54. The van der Waals surface area contributed by atoms with Crippen LogP contribution in [0.1, 0.15) is 18.7 Å². The molecule has 1 aliphatic heterocycles. The molecule has 2 heterocycles. The van der Waals surface area contributed by atoms with Crippen molar-refractivity contribution in [3.05, 3.63) is 22.6 Å². The summed E-state index contributed by atoms with van der Waals surface area (Å²) in [6.07, 6.45) is 0. The number of hydrogen-bond acceptors (Lipinski definition) is 4. The number of aliphatic carboxylic acids is 1. The Morgan fingerprint density at radius 1 is 1.56 bits per heavy atom. The van der Waals surface area contributed by atoms with Crippen LogP contribution in [-0.2, 0) is 9.53 Å². The summed E-state index contributed by atoms with van der Waals surface area (Å²) in [5.74, 6) is -0.478. The molecule has 2 rings (SSSR count). The van der Waals surface area contributed by atoms with E-state index in [0.29, 0.717) is 11.3 Å². The maximum Gasteiger partial charge on any atom is 0.310 e. The van der Waals surface area contributed by atoms with Crippen LogP contribution in [0.15, 0.2) is 21.2 Å². The van der Waals surface area contributed by atoms with E-state index in [2.05, 4.69) is 15.9 Å². The van der Waals surface area contributed by atoms with Gasteiger partial charge in [-0.2, -0.15) is 0 Å². The molecule has 0 aromatic carbocycles. The minimum absolute atomic E-state index is 0.00449. The van der Waals surface area contributed by atoms with E-state index in [0.717, 1.165) is 5.76 Å². The van der Waals surface area contributed by atoms with Crippen LogP contribution in [0.4, 0.5) is 0 Å². The molecule has 1 saturated heterocycles. The lowest BCUT2D eigenvalue weighted by Gasteiger charge is -2.30. The lowest BCUT2D eigenvalue weighted by Crippen LogP contribution is -2.41. The highest BCUT2D eigenvalue weighted by Gasteiger charge is 2.38. The van der Waals surface area contributed by atoms with Crippen molar-refractivity contribution in [2.24, 2.45) is 5.92 Å². The predicted molar refractivity (Wildman–Crippen MR) is 68.3 cm³/mol. The molecule has 1 aromatic rings. The van der Waals surface area contributed by atoms with Gasteiger partial charge in [-0.15, -0.1) is 0 Å². The number of halogens is 1. The largest absolute Gasteiger partial charge is 0.481 e. The molecule has 1 aliphatic rings. The van der Waals surface area contributed by atoms with Crippen molar-refractivity contribution in [1.29, 1.82) is 0 Å². The number of ether oxygens (including phenoxy) is 1. The van der Waals surface area contributed by atoms with E-state index in [9.17, 15) is 4.79 Å². The standard InChI is InChI=1S/C12H16BrNO4/c1-7(10-3-4-11(13)18-10)14(2)9-6-17-5-8(9)12(15)16/h3-4,7-9H,5-6H2,1-2H3,(H,15,16). The maximum absolute atomic E-state index is 11.1. The molecule has 0 spiro atoms. The van der Waals surface area contributed by atoms with Gasteiger partial charge in [0.05, 0.1) is 25.2 Å². The van der Waals surface area contributed by atoms with E-state index in [-0.39, 0.29) is 18.7 Å². The van der Waals surface area contributed by atoms with Crippen molar-refractivity contribution in [3.8, 4) is 0 Å². The van der Waals surface area contributed by atoms with E-state index < -0.39 is 11.9 Å².